The molecule has 8 heteroatoms. The summed E-state index contributed by atoms with van der Waals surface area (Å²) in [5.41, 5.74) is 2.05. The average molecular weight is 468 g/mol. The number of piperazine rings is 1. The van der Waals surface area contributed by atoms with Gasteiger partial charge in [0.1, 0.15) is 10.1 Å². The van der Waals surface area contributed by atoms with Gasteiger partial charge in [-0.25, -0.2) is 0 Å². The van der Waals surface area contributed by atoms with Crippen LogP contribution in [0.3, 0.4) is 0 Å². The number of anilines is 1. The molecule has 4 rings (SSSR count). The minimum Gasteiger partial charge on any atom is -0.497 e. The summed E-state index contributed by atoms with van der Waals surface area (Å²) in [5, 5.41) is 0. The maximum absolute atomic E-state index is 12.8. The number of amides is 2. The van der Waals surface area contributed by atoms with Gasteiger partial charge in [-0.05, 0) is 35.9 Å². The standard InChI is InChI=1S/C24H25N3O3S2/c1-30-20-9-5-6-18(16-20)17-21-23(29)27(24(31)32-21)11-10-22(28)26-14-12-25(13-15-26)19-7-3-2-4-8-19/h2-9,16-17H,10-15H2,1H3/b21-17-. The Morgan fingerprint density at radius 1 is 1.09 bits per heavy atom. The molecule has 6 nitrogen and oxygen atoms in total. The SMILES string of the molecule is COc1cccc(/C=C2\SC(=S)N(CCC(=O)N3CCN(c4ccccc4)CC3)C2=O)c1. The summed E-state index contributed by atoms with van der Waals surface area (Å²) >= 11 is 6.68. The van der Waals surface area contributed by atoms with Crippen molar-refractivity contribution < 1.29 is 14.3 Å². The summed E-state index contributed by atoms with van der Waals surface area (Å²) < 4.78 is 5.73. The summed E-state index contributed by atoms with van der Waals surface area (Å²) in [4.78, 5) is 31.9. The van der Waals surface area contributed by atoms with Crippen molar-refractivity contribution in [3.63, 3.8) is 0 Å². The number of ether oxygens (including phenoxy) is 1. The molecule has 0 N–H and O–H groups in total. The highest BCUT2D eigenvalue weighted by molar-refractivity contribution is 8.26. The number of carbonyl (C=O) groups is 2. The molecule has 166 valence electrons. The van der Waals surface area contributed by atoms with Gasteiger partial charge < -0.3 is 14.5 Å². The quantitative estimate of drug-likeness (QED) is 0.478. The molecule has 2 aromatic carbocycles. The molecule has 2 fully saturated rings. The number of para-hydroxylation sites is 1. The third-order valence-corrected chi connectivity index (χ3v) is 6.95. The maximum atomic E-state index is 12.8. The Bertz CT molecular complexity index is 1030. The molecular weight excluding hydrogens is 442 g/mol. The molecule has 2 saturated heterocycles. The number of hydrogen-bond donors (Lipinski definition) is 0. The lowest BCUT2D eigenvalue weighted by Gasteiger charge is -2.36. The second kappa shape index (κ2) is 10.2. The number of hydrogen-bond acceptors (Lipinski definition) is 6. The molecule has 0 radical (unpaired) electrons. The van der Waals surface area contributed by atoms with Crippen LogP contribution in [0.1, 0.15) is 12.0 Å². The van der Waals surface area contributed by atoms with Crippen LogP contribution >= 0.6 is 24.0 Å². The first-order chi connectivity index (χ1) is 15.5. The largest absolute Gasteiger partial charge is 0.497 e. The average Bonchev–Trinajstić information content (AvgIpc) is 3.10. The Balaban J connectivity index is 1.31. The first-order valence-electron chi connectivity index (χ1n) is 10.5. The van der Waals surface area contributed by atoms with Crippen LogP contribution in [0, 0.1) is 0 Å². The summed E-state index contributed by atoms with van der Waals surface area (Å²) in [6.45, 7) is 3.28. The Labute approximate surface area is 197 Å². The Morgan fingerprint density at radius 2 is 1.84 bits per heavy atom. The molecular formula is C24H25N3O3S2. The Kier molecular flexibility index (Phi) is 7.12. The van der Waals surface area contributed by atoms with Gasteiger partial charge in [0.25, 0.3) is 5.91 Å². The Hall–Kier alpha value is -2.84. The monoisotopic (exact) mass is 467 g/mol. The lowest BCUT2D eigenvalue weighted by molar-refractivity contribution is -0.132. The number of methoxy groups -OCH3 is 1. The highest BCUT2D eigenvalue weighted by Crippen LogP contribution is 2.33. The lowest BCUT2D eigenvalue weighted by atomic mass is 10.2. The fraction of sp³-hybridized carbons (Fsp3) is 0.292. The van der Waals surface area contributed by atoms with Crippen molar-refractivity contribution in [1.82, 2.24) is 9.80 Å². The summed E-state index contributed by atoms with van der Waals surface area (Å²) in [7, 11) is 1.61. The van der Waals surface area contributed by atoms with E-state index < -0.39 is 0 Å². The summed E-state index contributed by atoms with van der Waals surface area (Å²) in [6.07, 6.45) is 2.08. The van der Waals surface area contributed by atoms with E-state index in [9.17, 15) is 9.59 Å². The molecule has 2 aromatic rings. The van der Waals surface area contributed by atoms with Gasteiger partial charge in [0, 0.05) is 44.8 Å². The van der Waals surface area contributed by atoms with Gasteiger partial charge in [-0.2, -0.15) is 0 Å². The maximum Gasteiger partial charge on any atom is 0.266 e. The van der Waals surface area contributed by atoms with Gasteiger partial charge in [0.05, 0.1) is 12.0 Å². The second-order valence-electron chi connectivity index (χ2n) is 7.56. The Morgan fingerprint density at radius 3 is 2.56 bits per heavy atom. The van der Waals surface area contributed by atoms with Crippen LogP contribution in [-0.2, 0) is 9.59 Å². The molecule has 0 aromatic heterocycles. The van der Waals surface area contributed by atoms with Gasteiger partial charge in [-0.15, -0.1) is 0 Å². The van der Waals surface area contributed by atoms with Crippen LogP contribution in [0.5, 0.6) is 5.75 Å². The van der Waals surface area contributed by atoms with Gasteiger partial charge in [-0.3, -0.25) is 14.5 Å². The van der Waals surface area contributed by atoms with E-state index in [4.69, 9.17) is 17.0 Å². The fourth-order valence-corrected chi connectivity index (χ4v) is 5.10. The zero-order chi connectivity index (χ0) is 22.5. The minimum absolute atomic E-state index is 0.0588. The van der Waals surface area contributed by atoms with E-state index in [1.165, 1.54) is 22.3 Å². The van der Waals surface area contributed by atoms with E-state index in [-0.39, 0.29) is 18.2 Å². The molecule has 2 aliphatic heterocycles. The van der Waals surface area contributed by atoms with Crippen molar-refractivity contribution in [1.29, 1.82) is 0 Å². The topological polar surface area (TPSA) is 53.1 Å². The van der Waals surface area contributed by atoms with Crippen molar-refractivity contribution in [2.75, 3.05) is 44.7 Å². The number of carbonyl (C=O) groups excluding carboxylic acids is 2. The molecule has 0 spiro atoms. The molecule has 0 unspecified atom stereocenters. The smallest absolute Gasteiger partial charge is 0.266 e. The molecule has 0 atom stereocenters. The third-order valence-electron chi connectivity index (χ3n) is 5.57. The number of nitrogens with zero attached hydrogens (tertiary/aromatic N) is 3. The first-order valence-corrected chi connectivity index (χ1v) is 11.7. The van der Waals surface area contributed by atoms with E-state index in [0.29, 0.717) is 28.9 Å². The van der Waals surface area contributed by atoms with Crippen LogP contribution in [0.15, 0.2) is 59.5 Å². The van der Waals surface area contributed by atoms with E-state index in [2.05, 4.69) is 17.0 Å². The first kappa shape index (κ1) is 22.4. The highest BCUT2D eigenvalue weighted by Gasteiger charge is 2.32. The predicted molar refractivity (Wildman–Crippen MR) is 133 cm³/mol. The summed E-state index contributed by atoms with van der Waals surface area (Å²) in [6, 6.07) is 17.7. The molecule has 2 amide bonds. The van der Waals surface area contributed by atoms with Crippen molar-refractivity contribution >= 4 is 51.9 Å². The van der Waals surface area contributed by atoms with Gasteiger partial charge in [-0.1, -0.05) is 54.3 Å². The molecule has 32 heavy (non-hydrogen) atoms. The molecule has 0 aliphatic carbocycles. The number of thiocarbonyl (C=S) groups is 1. The number of benzene rings is 2. The number of thioether (sulfide) groups is 1. The predicted octanol–water partition coefficient (Wildman–Crippen LogP) is 3.64. The summed E-state index contributed by atoms with van der Waals surface area (Å²) in [5.74, 6) is 0.639. The van der Waals surface area contributed by atoms with Gasteiger partial charge in [0.15, 0.2) is 0 Å². The normalized spacial score (nSPS) is 17.9. The number of rotatable bonds is 6. The fourth-order valence-electron chi connectivity index (χ4n) is 3.79. The van der Waals surface area contributed by atoms with Crippen molar-refractivity contribution in [3.8, 4) is 5.75 Å². The van der Waals surface area contributed by atoms with Crippen LogP contribution < -0.4 is 9.64 Å². The third kappa shape index (κ3) is 5.14. The zero-order valence-corrected chi connectivity index (χ0v) is 19.5. The van der Waals surface area contributed by atoms with Gasteiger partial charge in [0.2, 0.25) is 5.91 Å². The van der Waals surface area contributed by atoms with Crippen molar-refractivity contribution in [2.45, 2.75) is 6.42 Å². The van der Waals surface area contributed by atoms with Crippen LogP contribution in [-0.4, -0.2) is 65.8 Å². The van der Waals surface area contributed by atoms with E-state index >= 15 is 0 Å². The van der Waals surface area contributed by atoms with Gasteiger partial charge >= 0.3 is 0 Å². The molecule has 0 saturated carbocycles. The van der Waals surface area contributed by atoms with Crippen molar-refractivity contribution in [3.05, 3.63) is 65.1 Å². The van der Waals surface area contributed by atoms with Crippen LogP contribution in [0.4, 0.5) is 5.69 Å². The molecule has 0 bridgehead atoms. The lowest BCUT2D eigenvalue weighted by Crippen LogP contribution is -2.49. The molecule has 2 aliphatic rings. The van der Waals surface area contributed by atoms with Crippen molar-refractivity contribution in [2.24, 2.45) is 0 Å². The van der Waals surface area contributed by atoms with E-state index in [1.807, 2.05) is 53.4 Å². The van der Waals surface area contributed by atoms with E-state index in [0.717, 1.165) is 24.4 Å². The van der Waals surface area contributed by atoms with E-state index in [1.54, 1.807) is 7.11 Å². The zero-order valence-electron chi connectivity index (χ0n) is 17.9. The van der Waals surface area contributed by atoms with Crippen LogP contribution in [0.2, 0.25) is 0 Å². The molecule has 2 heterocycles. The minimum atomic E-state index is -0.149. The van der Waals surface area contributed by atoms with Crippen LogP contribution in [0.25, 0.3) is 6.08 Å². The highest BCUT2D eigenvalue weighted by atomic mass is 32.2. The second-order valence-corrected chi connectivity index (χ2v) is 9.24.